The van der Waals surface area contributed by atoms with E-state index in [1.54, 1.807) is 0 Å². The third-order valence-corrected chi connectivity index (χ3v) is 5.11. The molecule has 6 nitrogen and oxygen atoms in total. The predicted molar refractivity (Wildman–Crippen MR) is 89.8 cm³/mol. The molecule has 8 heteroatoms. The van der Waals surface area contributed by atoms with Crippen LogP contribution in [-0.4, -0.2) is 20.9 Å². The average molecular weight is 364 g/mol. The Labute approximate surface area is 145 Å². The summed E-state index contributed by atoms with van der Waals surface area (Å²) in [6.07, 6.45) is 3.16. The van der Waals surface area contributed by atoms with Crippen molar-refractivity contribution in [3.63, 3.8) is 0 Å². The number of amides is 1. The number of rotatable bonds is 6. The van der Waals surface area contributed by atoms with Gasteiger partial charge >= 0.3 is 0 Å². The van der Waals surface area contributed by atoms with Gasteiger partial charge in [-0.15, -0.1) is 0 Å². The van der Waals surface area contributed by atoms with Crippen molar-refractivity contribution >= 4 is 21.6 Å². The molecule has 0 saturated carbocycles. The third kappa shape index (κ3) is 4.41. The molecule has 1 aliphatic rings. The van der Waals surface area contributed by atoms with E-state index in [9.17, 15) is 17.6 Å². The number of hydrogen-bond donors (Lipinski definition) is 2. The number of benzene rings is 2. The minimum absolute atomic E-state index is 0.159. The SMILES string of the molecule is O=C(CONS(=O)(=O)c1ccc(F)cc1)Nc1ccc2c(c1)CCC2. The second-order valence-corrected chi connectivity index (χ2v) is 7.36. The van der Waals surface area contributed by atoms with Gasteiger partial charge in [0.05, 0.1) is 4.90 Å². The molecular weight excluding hydrogens is 347 g/mol. The number of fused-ring (bicyclic) bond motifs is 1. The van der Waals surface area contributed by atoms with E-state index < -0.39 is 28.4 Å². The van der Waals surface area contributed by atoms with Crippen molar-refractivity contribution in [2.24, 2.45) is 0 Å². The number of nitrogens with one attached hydrogen (secondary N) is 2. The number of carbonyl (C=O) groups excluding carboxylic acids is 1. The molecule has 0 radical (unpaired) electrons. The predicted octanol–water partition coefficient (Wildman–Crippen LogP) is 2.16. The number of carbonyl (C=O) groups is 1. The van der Waals surface area contributed by atoms with Crippen LogP contribution in [0.2, 0.25) is 0 Å². The highest BCUT2D eigenvalue weighted by atomic mass is 32.2. The first-order valence-corrected chi connectivity index (χ1v) is 9.23. The number of hydrogen-bond acceptors (Lipinski definition) is 4. The van der Waals surface area contributed by atoms with Crippen LogP contribution >= 0.6 is 0 Å². The molecule has 25 heavy (non-hydrogen) atoms. The quantitative estimate of drug-likeness (QED) is 0.770. The fourth-order valence-corrected chi connectivity index (χ4v) is 3.49. The van der Waals surface area contributed by atoms with E-state index in [1.807, 2.05) is 23.1 Å². The second-order valence-electron chi connectivity index (χ2n) is 5.71. The Hall–Kier alpha value is -2.29. The number of anilines is 1. The Morgan fingerprint density at radius 3 is 2.56 bits per heavy atom. The summed E-state index contributed by atoms with van der Waals surface area (Å²) in [5.41, 5.74) is 3.16. The van der Waals surface area contributed by atoms with E-state index in [4.69, 9.17) is 4.84 Å². The maximum absolute atomic E-state index is 12.8. The van der Waals surface area contributed by atoms with Gasteiger partial charge in [-0.3, -0.25) is 9.63 Å². The molecule has 0 saturated heterocycles. The van der Waals surface area contributed by atoms with Crippen LogP contribution in [0.1, 0.15) is 17.5 Å². The Kier molecular flexibility index (Phi) is 5.12. The molecule has 0 heterocycles. The molecule has 0 aliphatic heterocycles. The molecule has 132 valence electrons. The standard InChI is InChI=1S/C17H17FN2O4S/c18-14-5-8-16(9-6-14)25(22,23)20-24-11-17(21)19-15-7-4-12-2-1-3-13(12)10-15/h4-10,20H,1-3,11H2,(H,19,21). The van der Waals surface area contributed by atoms with Crippen molar-refractivity contribution in [2.75, 3.05) is 11.9 Å². The summed E-state index contributed by atoms with van der Waals surface area (Å²) in [7, 11) is -3.97. The van der Waals surface area contributed by atoms with Crippen LogP contribution in [0.25, 0.3) is 0 Å². The van der Waals surface area contributed by atoms with Gasteiger partial charge in [-0.1, -0.05) is 11.0 Å². The van der Waals surface area contributed by atoms with Crippen molar-refractivity contribution < 1.29 is 22.4 Å². The van der Waals surface area contributed by atoms with E-state index in [0.717, 1.165) is 43.5 Å². The average Bonchev–Trinajstić information content (AvgIpc) is 3.02. The summed E-state index contributed by atoms with van der Waals surface area (Å²) < 4.78 is 36.7. The van der Waals surface area contributed by atoms with Crippen LogP contribution in [-0.2, 0) is 32.5 Å². The van der Waals surface area contributed by atoms with Crippen molar-refractivity contribution in [2.45, 2.75) is 24.2 Å². The molecule has 0 spiro atoms. The summed E-state index contributed by atoms with van der Waals surface area (Å²) in [5.74, 6) is -1.03. The number of sulfonamides is 1. The summed E-state index contributed by atoms with van der Waals surface area (Å²) in [6, 6.07) is 9.96. The highest BCUT2D eigenvalue weighted by Gasteiger charge is 2.16. The normalized spacial score (nSPS) is 13.5. The minimum atomic E-state index is -3.97. The van der Waals surface area contributed by atoms with Gasteiger partial charge in [-0.2, -0.15) is 0 Å². The van der Waals surface area contributed by atoms with Crippen LogP contribution in [0, 0.1) is 5.82 Å². The molecule has 2 aromatic rings. The van der Waals surface area contributed by atoms with Gasteiger partial charge < -0.3 is 5.32 Å². The first kappa shape index (κ1) is 17.5. The van der Waals surface area contributed by atoms with Crippen LogP contribution in [0.5, 0.6) is 0 Å². The van der Waals surface area contributed by atoms with Gasteiger partial charge in [0.25, 0.3) is 15.9 Å². The van der Waals surface area contributed by atoms with Crippen molar-refractivity contribution in [1.82, 2.24) is 4.89 Å². The van der Waals surface area contributed by atoms with Crippen LogP contribution in [0.3, 0.4) is 0 Å². The van der Waals surface area contributed by atoms with Gasteiger partial charge in [0, 0.05) is 5.69 Å². The van der Waals surface area contributed by atoms with E-state index in [2.05, 4.69) is 5.32 Å². The largest absolute Gasteiger partial charge is 0.324 e. The fourth-order valence-electron chi connectivity index (χ4n) is 2.68. The van der Waals surface area contributed by atoms with Crippen molar-refractivity contribution in [1.29, 1.82) is 0 Å². The van der Waals surface area contributed by atoms with Crippen molar-refractivity contribution in [3.8, 4) is 0 Å². The van der Waals surface area contributed by atoms with E-state index in [0.29, 0.717) is 5.69 Å². The highest BCUT2D eigenvalue weighted by molar-refractivity contribution is 7.89. The third-order valence-electron chi connectivity index (χ3n) is 3.88. The summed E-state index contributed by atoms with van der Waals surface area (Å²) in [5, 5.41) is 2.66. The summed E-state index contributed by atoms with van der Waals surface area (Å²) in [4.78, 5) is 18.3. The Morgan fingerprint density at radius 1 is 1.08 bits per heavy atom. The van der Waals surface area contributed by atoms with Crippen LogP contribution < -0.4 is 10.2 Å². The number of aryl methyl sites for hydroxylation is 2. The van der Waals surface area contributed by atoms with Gasteiger partial charge in [-0.25, -0.2) is 12.8 Å². The van der Waals surface area contributed by atoms with E-state index in [1.165, 1.54) is 11.1 Å². The molecule has 3 rings (SSSR count). The van der Waals surface area contributed by atoms with Gasteiger partial charge in [0.15, 0.2) is 0 Å². The first-order chi connectivity index (χ1) is 11.9. The lowest BCUT2D eigenvalue weighted by Gasteiger charge is -2.09. The molecule has 0 atom stereocenters. The molecule has 0 bridgehead atoms. The molecule has 2 aromatic carbocycles. The Balaban J connectivity index is 1.51. The molecule has 0 fully saturated rings. The number of halogens is 1. The van der Waals surface area contributed by atoms with Gasteiger partial charge in [-0.05, 0) is 66.8 Å². The molecule has 2 N–H and O–H groups in total. The lowest BCUT2D eigenvalue weighted by Crippen LogP contribution is -2.29. The molecule has 1 amide bonds. The zero-order chi connectivity index (χ0) is 17.9. The smallest absolute Gasteiger partial charge is 0.262 e. The van der Waals surface area contributed by atoms with Crippen molar-refractivity contribution in [3.05, 3.63) is 59.4 Å². The Bertz CT molecular complexity index is 882. The maximum Gasteiger partial charge on any atom is 0.262 e. The van der Waals surface area contributed by atoms with Crippen LogP contribution in [0.15, 0.2) is 47.4 Å². The first-order valence-electron chi connectivity index (χ1n) is 7.75. The zero-order valence-corrected chi connectivity index (χ0v) is 14.1. The summed E-state index contributed by atoms with van der Waals surface area (Å²) >= 11 is 0. The maximum atomic E-state index is 12.8. The molecule has 1 aliphatic carbocycles. The Morgan fingerprint density at radius 2 is 1.80 bits per heavy atom. The highest BCUT2D eigenvalue weighted by Crippen LogP contribution is 2.24. The molecule has 0 aromatic heterocycles. The zero-order valence-electron chi connectivity index (χ0n) is 13.3. The lowest BCUT2D eigenvalue weighted by atomic mass is 10.1. The van der Waals surface area contributed by atoms with E-state index in [-0.39, 0.29) is 4.90 Å². The minimum Gasteiger partial charge on any atom is -0.324 e. The topological polar surface area (TPSA) is 84.5 Å². The van der Waals surface area contributed by atoms with Gasteiger partial charge in [0.1, 0.15) is 12.4 Å². The van der Waals surface area contributed by atoms with Crippen LogP contribution in [0.4, 0.5) is 10.1 Å². The monoisotopic (exact) mass is 364 g/mol. The second kappa shape index (κ2) is 7.30. The van der Waals surface area contributed by atoms with Gasteiger partial charge in [0.2, 0.25) is 0 Å². The van der Waals surface area contributed by atoms with E-state index >= 15 is 0 Å². The fraction of sp³-hybridized carbons (Fsp3) is 0.235. The molecular formula is C17H17FN2O4S. The lowest BCUT2D eigenvalue weighted by molar-refractivity contribution is -0.121. The summed E-state index contributed by atoms with van der Waals surface area (Å²) in [6.45, 7) is -0.489. The molecule has 0 unspecified atom stereocenters.